The van der Waals surface area contributed by atoms with E-state index in [-0.39, 0.29) is 17.4 Å². The third-order valence-electron chi connectivity index (χ3n) is 6.32. The molecule has 1 atom stereocenters. The van der Waals surface area contributed by atoms with Gasteiger partial charge in [0.05, 0.1) is 11.6 Å². The molecular weight excluding hydrogens is 378 g/mol. The van der Waals surface area contributed by atoms with Gasteiger partial charge in [0.2, 0.25) is 0 Å². The Bertz CT molecular complexity index is 1140. The van der Waals surface area contributed by atoms with E-state index in [4.69, 9.17) is 0 Å². The van der Waals surface area contributed by atoms with Crippen molar-refractivity contribution in [2.24, 2.45) is 0 Å². The summed E-state index contributed by atoms with van der Waals surface area (Å²) in [6.07, 6.45) is 9.96. The first-order chi connectivity index (χ1) is 14.7. The quantitative estimate of drug-likeness (QED) is 0.389. The van der Waals surface area contributed by atoms with E-state index in [0.29, 0.717) is 5.56 Å². The van der Waals surface area contributed by atoms with Crippen molar-refractivity contribution in [3.8, 4) is 0 Å². The minimum Gasteiger partial charge on any atom is -0.507 e. The molecule has 1 unspecified atom stereocenters. The van der Waals surface area contributed by atoms with Crippen LogP contribution in [0.25, 0.3) is 16.7 Å². The molecule has 6 nitrogen and oxygen atoms in total. The molecule has 1 saturated heterocycles. The van der Waals surface area contributed by atoms with Gasteiger partial charge >= 0.3 is 0 Å². The van der Waals surface area contributed by atoms with E-state index in [1.54, 1.807) is 29.4 Å². The third kappa shape index (κ3) is 2.91. The van der Waals surface area contributed by atoms with E-state index in [1.807, 2.05) is 30.5 Å². The predicted molar refractivity (Wildman–Crippen MR) is 114 cm³/mol. The van der Waals surface area contributed by atoms with E-state index >= 15 is 0 Å². The lowest BCUT2D eigenvalue weighted by Crippen LogP contribution is -2.40. The van der Waals surface area contributed by atoms with Crippen LogP contribution in [0.1, 0.15) is 49.3 Å². The van der Waals surface area contributed by atoms with Gasteiger partial charge in [0.1, 0.15) is 5.76 Å². The number of hydrogen-bond donors (Lipinski definition) is 2. The first kappa shape index (κ1) is 18.6. The lowest BCUT2D eigenvalue weighted by molar-refractivity contribution is -0.141. The van der Waals surface area contributed by atoms with Gasteiger partial charge < -0.3 is 15.0 Å². The largest absolute Gasteiger partial charge is 0.507 e. The minimum atomic E-state index is -0.620. The molecule has 3 aromatic rings. The van der Waals surface area contributed by atoms with Crippen molar-refractivity contribution in [1.82, 2.24) is 14.9 Å². The number of benzene rings is 1. The monoisotopic (exact) mass is 401 g/mol. The second kappa shape index (κ2) is 7.44. The number of pyridine rings is 1. The zero-order valence-corrected chi connectivity index (χ0v) is 16.5. The summed E-state index contributed by atoms with van der Waals surface area (Å²) in [7, 11) is 0. The topological polar surface area (TPSA) is 86.3 Å². The van der Waals surface area contributed by atoms with Crippen LogP contribution in [0.5, 0.6) is 0 Å². The molecule has 0 spiro atoms. The zero-order chi connectivity index (χ0) is 20.7. The van der Waals surface area contributed by atoms with Crippen LogP contribution in [0.15, 0.2) is 60.6 Å². The molecular formula is C24H23N3O3. The fourth-order valence-corrected chi connectivity index (χ4v) is 4.88. The second-order valence-corrected chi connectivity index (χ2v) is 8.02. The molecule has 2 aliphatic rings. The van der Waals surface area contributed by atoms with Crippen molar-refractivity contribution in [2.75, 3.05) is 0 Å². The summed E-state index contributed by atoms with van der Waals surface area (Å²) in [5.41, 5.74) is 2.41. The van der Waals surface area contributed by atoms with Crippen molar-refractivity contribution < 1.29 is 14.7 Å². The number of rotatable bonds is 3. The molecule has 1 aliphatic carbocycles. The van der Waals surface area contributed by atoms with Crippen LogP contribution < -0.4 is 0 Å². The maximum Gasteiger partial charge on any atom is 0.295 e. The Kier molecular flexibility index (Phi) is 4.62. The first-order valence-corrected chi connectivity index (χ1v) is 10.4. The van der Waals surface area contributed by atoms with Gasteiger partial charge in [0.25, 0.3) is 11.7 Å². The van der Waals surface area contributed by atoms with Gasteiger partial charge in [0.15, 0.2) is 0 Å². The Morgan fingerprint density at radius 3 is 2.53 bits per heavy atom. The number of aliphatic hydroxyl groups excluding tert-OH is 1. The summed E-state index contributed by atoms with van der Waals surface area (Å²) in [5, 5.41) is 12.1. The number of aromatic amines is 1. The number of carbonyl (C=O) groups excluding carboxylic acids is 2. The molecule has 1 amide bonds. The smallest absolute Gasteiger partial charge is 0.295 e. The molecule has 1 saturated carbocycles. The number of likely N-dealkylation sites (tertiary alicyclic amines) is 1. The summed E-state index contributed by atoms with van der Waals surface area (Å²) in [6.45, 7) is 0. The highest BCUT2D eigenvalue weighted by Gasteiger charge is 2.49. The van der Waals surface area contributed by atoms with Crippen molar-refractivity contribution in [3.63, 3.8) is 0 Å². The summed E-state index contributed by atoms with van der Waals surface area (Å²) >= 11 is 0. The number of amides is 1. The third-order valence-corrected chi connectivity index (χ3v) is 6.32. The summed E-state index contributed by atoms with van der Waals surface area (Å²) in [5.74, 6) is -1.29. The highest BCUT2D eigenvalue weighted by Crippen LogP contribution is 2.44. The van der Waals surface area contributed by atoms with Gasteiger partial charge in [-0.3, -0.25) is 14.6 Å². The van der Waals surface area contributed by atoms with Gasteiger partial charge in [-0.1, -0.05) is 37.5 Å². The van der Waals surface area contributed by atoms with Crippen LogP contribution >= 0.6 is 0 Å². The van der Waals surface area contributed by atoms with E-state index < -0.39 is 17.7 Å². The van der Waals surface area contributed by atoms with Gasteiger partial charge in [0, 0.05) is 46.7 Å². The molecule has 30 heavy (non-hydrogen) atoms. The highest BCUT2D eigenvalue weighted by atomic mass is 16.3. The molecule has 1 aliphatic heterocycles. The maximum absolute atomic E-state index is 13.2. The van der Waals surface area contributed by atoms with Gasteiger partial charge in [-0.05, 0) is 31.0 Å². The lowest BCUT2D eigenvalue weighted by Gasteiger charge is -2.35. The zero-order valence-electron chi connectivity index (χ0n) is 16.5. The van der Waals surface area contributed by atoms with Crippen LogP contribution in [0.4, 0.5) is 0 Å². The highest BCUT2D eigenvalue weighted by molar-refractivity contribution is 6.46. The Labute approximate surface area is 174 Å². The number of aromatic nitrogens is 2. The van der Waals surface area contributed by atoms with E-state index in [9.17, 15) is 14.7 Å². The molecule has 0 bridgehead atoms. The number of nitrogens with zero attached hydrogens (tertiary/aromatic N) is 2. The number of para-hydroxylation sites is 1. The van der Waals surface area contributed by atoms with Crippen LogP contribution in [0.3, 0.4) is 0 Å². The Morgan fingerprint density at radius 1 is 1.03 bits per heavy atom. The fourth-order valence-electron chi connectivity index (χ4n) is 4.88. The number of Topliss-reactive ketones (excluding diaryl/α,β-unsaturated/α-hetero) is 1. The molecule has 3 heterocycles. The molecule has 0 radical (unpaired) electrons. The molecule has 1 aromatic carbocycles. The molecule has 6 heteroatoms. The molecule has 2 N–H and O–H groups in total. The van der Waals surface area contributed by atoms with Gasteiger partial charge in [-0.25, -0.2) is 0 Å². The molecule has 152 valence electrons. The second-order valence-electron chi connectivity index (χ2n) is 8.02. The van der Waals surface area contributed by atoms with Gasteiger partial charge in [-0.2, -0.15) is 0 Å². The summed E-state index contributed by atoms with van der Waals surface area (Å²) in [6, 6.07) is 10.5. The summed E-state index contributed by atoms with van der Waals surface area (Å²) in [4.78, 5) is 35.3. The number of fused-ring (bicyclic) bond motifs is 1. The standard InChI is InChI=1S/C24H23N3O3/c28-22(15-10-12-25-13-11-15)20-21(18-14-26-19-9-5-4-8-17(18)19)27(24(30)23(20)29)16-6-2-1-3-7-16/h4-5,8-14,16,21,26,28H,1-3,6-7H2/b22-20+. The van der Waals surface area contributed by atoms with Crippen LogP contribution in [0.2, 0.25) is 0 Å². The molecule has 2 fully saturated rings. The van der Waals surface area contributed by atoms with Crippen LogP contribution in [-0.2, 0) is 9.59 Å². The molecule has 5 rings (SSSR count). The number of carbonyl (C=O) groups is 2. The van der Waals surface area contributed by atoms with E-state index in [1.165, 1.54) is 0 Å². The normalized spacial score (nSPS) is 22.1. The lowest BCUT2D eigenvalue weighted by atomic mass is 9.91. The first-order valence-electron chi connectivity index (χ1n) is 10.4. The van der Waals surface area contributed by atoms with E-state index in [2.05, 4.69) is 9.97 Å². The number of nitrogens with one attached hydrogen (secondary N) is 1. The Morgan fingerprint density at radius 2 is 1.77 bits per heavy atom. The van der Waals surface area contributed by atoms with Crippen molar-refractivity contribution >= 4 is 28.4 Å². The average Bonchev–Trinajstić information content (AvgIpc) is 3.33. The number of ketones is 1. The maximum atomic E-state index is 13.2. The fraction of sp³-hybridized carbons (Fsp3) is 0.292. The van der Waals surface area contributed by atoms with Gasteiger partial charge in [-0.15, -0.1) is 0 Å². The van der Waals surface area contributed by atoms with Crippen molar-refractivity contribution in [1.29, 1.82) is 0 Å². The SMILES string of the molecule is O=C1C(=O)N(C2CCCCC2)C(c2c[nH]c3ccccc23)/C1=C(\O)c1ccncc1. The summed E-state index contributed by atoms with van der Waals surface area (Å²) < 4.78 is 0. The average molecular weight is 401 g/mol. The number of hydrogen-bond acceptors (Lipinski definition) is 4. The predicted octanol–water partition coefficient (Wildman–Crippen LogP) is 4.32. The number of H-pyrrole nitrogens is 1. The van der Waals surface area contributed by atoms with Crippen LogP contribution in [-0.4, -0.2) is 37.7 Å². The number of aliphatic hydroxyl groups is 1. The van der Waals surface area contributed by atoms with E-state index in [0.717, 1.165) is 48.6 Å². The molecule has 2 aromatic heterocycles. The van der Waals surface area contributed by atoms with Crippen LogP contribution in [0, 0.1) is 0 Å². The van der Waals surface area contributed by atoms with Crippen molar-refractivity contribution in [3.05, 3.63) is 71.7 Å². The Balaban J connectivity index is 1.72. The van der Waals surface area contributed by atoms with Crippen molar-refractivity contribution in [2.45, 2.75) is 44.2 Å². The minimum absolute atomic E-state index is 0.00315. The Hall–Kier alpha value is -3.41.